The third-order valence-electron chi connectivity index (χ3n) is 3.05. The second-order valence-electron chi connectivity index (χ2n) is 4.67. The topological polar surface area (TPSA) is 102 Å². The van der Waals surface area contributed by atoms with Crippen LogP contribution in [0.2, 0.25) is 5.02 Å². The highest BCUT2D eigenvalue weighted by atomic mass is 35.5. The van der Waals surface area contributed by atoms with E-state index < -0.39 is 10.8 Å². The van der Waals surface area contributed by atoms with Gasteiger partial charge in [0, 0.05) is 17.3 Å². The summed E-state index contributed by atoms with van der Waals surface area (Å²) in [6, 6.07) is 9.53. The summed E-state index contributed by atoms with van der Waals surface area (Å²) in [4.78, 5) is 22.5. The highest BCUT2D eigenvalue weighted by Crippen LogP contribution is 2.28. The highest BCUT2D eigenvalue weighted by Gasteiger charge is 2.17. The van der Waals surface area contributed by atoms with Gasteiger partial charge in [0.25, 0.3) is 5.69 Å². The van der Waals surface area contributed by atoms with Crippen LogP contribution in [0.3, 0.4) is 0 Å². The van der Waals surface area contributed by atoms with Gasteiger partial charge in [0.15, 0.2) is 10.8 Å². The fourth-order valence-corrected chi connectivity index (χ4v) is 2.89. The van der Waals surface area contributed by atoms with Crippen LogP contribution >= 0.6 is 23.4 Å². The molecular formula is C14H10ClN5O3S. The molecule has 1 aromatic carbocycles. The predicted octanol–water partition coefficient (Wildman–Crippen LogP) is 3.02. The summed E-state index contributed by atoms with van der Waals surface area (Å²) in [6.45, 7) is 0. The second kappa shape index (κ2) is 6.85. The van der Waals surface area contributed by atoms with Gasteiger partial charge in [0.1, 0.15) is 5.69 Å². The number of benzene rings is 1. The third kappa shape index (κ3) is 3.47. The number of carbonyl (C=O) groups is 1. The summed E-state index contributed by atoms with van der Waals surface area (Å²) in [6.07, 6.45) is 1.79. The summed E-state index contributed by atoms with van der Waals surface area (Å²) in [7, 11) is 0. The predicted molar refractivity (Wildman–Crippen MR) is 90.4 cm³/mol. The van der Waals surface area contributed by atoms with Crippen LogP contribution < -0.4 is 5.32 Å². The Morgan fingerprint density at radius 2 is 2.17 bits per heavy atom. The second-order valence-corrected chi connectivity index (χ2v) is 6.05. The Morgan fingerprint density at radius 1 is 1.33 bits per heavy atom. The lowest BCUT2D eigenvalue weighted by Crippen LogP contribution is -2.15. The van der Waals surface area contributed by atoms with Crippen molar-refractivity contribution in [1.29, 1.82) is 0 Å². The summed E-state index contributed by atoms with van der Waals surface area (Å²) in [5.41, 5.74) is 0.517. The Hall–Kier alpha value is -2.65. The molecule has 24 heavy (non-hydrogen) atoms. The Kier molecular flexibility index (Phi) is 4.63. The normalized spacial score (nSPS) is 10.7. The van der Waals surface area contributed by atoms with E-state index in [1.807, 2.05) is 12.1 Å². The van der Waals surface area contributed by atoms with E-state index in [4.69, 9.17) is 11.6 Å². The number of aromatic nitrogens is 3. The van der Waals surface area contributed by atoms with E-state index in [9.17, 15) is 14.9 Å². The van der Waals surface area contributed by atoms with Gasteiger partial charge in [-0.3, -0.25) is 19.3 Å². The minimum atomic E-state index is -0.597. The standard InChI is InChI=1S/C14H10ClN5O3S/c15-9-4-5-10(11(7-9)20(22)23)16-13(21)8-24-14-18-17-12-3-1-2-6-19(12)14/h1-7H,8H2,(H,16,21). The van der Waals surface area contributed by atoms with Crippen LogP contribution in [0, 0.1) is 10.1 Å². The maximum absolute atomic E-state index is 12.1. The molecule has 0 aliphatic heterocycles. The van der Waals surface area contributed by atoms with Gasteiger partial charge in [0.2, 0.25) is 5.91 Å². The Balaban J connectivity index is 1.69. The van der Waals surface area contributed by atoms with Crippen molar-refractivity contribution in [1.82, 2.24) is 14.6 Å². The monoisotopic (exact) mass is 363 g/mol. The number of nitro benzene ring substituents is 1. The van der Waals surface area contributed by atoms with E-state index in [-0.39, 0.29) is 22.2 Å². The Morgan fingerprint density at radius 3 is 2.96 bits per heavy atom. The minimum absolute atomic E-state index is 0.0372. The zero-order chi connectivity index (χ0) is 17.1. The van der Waals surface area contributed by atoms with Gasteiger partial charge >= 0.3 is 0 Å². The molecule has 0 saturated heterocycles. The summed E-state index contributed by atoms with van der Waals surface area (Å²) in [5, 5.41) is 22.3. The number of fused-ring (bicyclic) bond motifs is 1. The molecule has 3 rings (SSSR count). The maximum Gasteiger partial charge on any atom is 0.294 e. The lowest BCUT2D eigenvalue weighted by molar-refractivity contribution is -0.383. The van der Waals surface area contributed by atoms with Crippen molar-refractivity contribution in [2.75, 3.05) is 11.1 Å². The molecule has 1 N–H and O–H groups in total. The van der Waals surface area contributed by atoms with Crippen LogP contribution in [0.15, 0.2) is 47.8 Å². The first kappa shape index (κ1) is 16.2. The zero-order valence-corrected chi connectivity index (χ0v) is 13.6. The van der Waals surface area contributed by atoms with Crippen LogP contribution in [0.25, 0.3) is 5.65 Å². The molecule has 2 heterocycles. The molecule has 0 aliphatic carbocycles. The van der Waals surface area contributed by atoms with E-state index in [1.54, 1.807) is 16.7 Å². The van der Waals surface area contributed by atoms with Gasteiger partial charge in [-0.2, -0.15) is 0 Å². The van der Waals surface area contributed by atoms with Gasteiger partial charge in [-0.05, 0) is 24.3 Å². The molecule has 3 aromatic rings. The van der Waals surface area contributed by atoms with E-state index in [0.717, 1.165) is 0 Å². The zero-order valence-electron chi connectivity index (χ0n) is 12.0. The fourth-order valence-electron chi connectivity index (χ4n) is 2.00. The number of hydrogen-bond donors (Lipinski definition) is 1. The molecule has 122 valence electrons. The van der Waals surface area contributed by atoms with Gasteiger partial charge in [-0.15, -0.1) is 10.2 Å². The van der Waals surface area contributed by atoms with Crippen molar-refractivity contribution in [3.8, 4) is 0 Å². The van der Waals surface area contributed by atoms with E-state index in [0.29, 0.717) is 10.8 Å². The first-order valence-electron chi connectivity index (χ1n) is 6.71. The molecule has 8 nitrogen and oxygen atoms in total. The lowest BCUT2D eigenvalue weighted by atomic mass is 10.2. The molecule has 0 spiro atoms. The van der Waals surface area contributed by atoms with Crippen LogP contribution in [0.5, 0.6) is 0 Å². The number of carbonyl (C=O) groups excluding carboxylic acids is 1. The molecule has 0 aliphatic rings. The van der Waals surface area contributed by atoms with E-state index >= 15 is 0 Å². The third-order valence-corrected chi connectivity index (χ3v) is 4.22. The number of halogens is 1. The first-order valence-corrected chi connectivity index (χ1v) is 8.07. The van der Waals surface area contributed by atoms with Crippen molar-refractivity contribution in [2.45, 2.75) is 5.16 Å². The van der Waals surface area contributed by atoms with Crippen LogP contribution in [-0.2, 0) is 4.79 Å². The highest BCUT2D eigenvalue weighted by molar-refractivity contribution is 7.99. The molecule has 10 heteroatoms. The molecule has 0 radical (unpaired) electrons. The number of hydrogen-bond acceptors (Lipinski definition) is 6. The van der Waals surface area contributed by atoms with Crippen LogP contribution in [0.4, 0.5) is 11.4 Å². The number of amides is 1. The summed E-state index contributed by atoms with van der Waals surface area (Å²) in [5.74, 6) is -0.353. The van der Waals surface area contributed by atoms with Crippen LogP contribution in [-0.4, -0.2) is 31.2 Å². The number of anilines is 1. The average Bonchev–Trinajstić information content (AvgIpc) is 2.97. The molecule has 2 aromatic heterocycles. The van der Waals surface area contributed by atoms with Crippen molar-refractivity contribution < 1.29 is 9.72 Å². The number of thioether (sulfide) groups is 1. The number of nitro groups is 1. The number of pyridine rings is 1. The van der Waals surface area contributed by atoms with Crippen molar-refractivity contribution >= 4 is 46.3 Å². The van der Waals surface area contributed by atoms with Gasteiger partial charge in [-0.1, -0.05) is 29.4 Å². The van der Waals surface area contributed by atoms with Crippen LogP contribution in [0.1, 0.15) is 0 Å². The van der Waals surface area contributed by atoms with Crippen molar-refractivity contribution in [3.63, 3.8) is 0 Å². The smallest absolute Gasteiger partial charge is 0.294 e. The SMILES string of the molecule is O=C(CSc1nnc2ccccn12)Nc1ccc(Cl)cc1[N+](=O)[O-]. The fraction of sp³-hybridized carbons (Fsp3) is 0.0714. The van der Waals surface area contributed by atoms with Gasteiger partial charge in [0.05, 0.1) is 10.7 Å². The van der Waals surface area contributed by atoms with E-state index in [2.05, 4.69) is 15.5 Å². The average molecular weight is 364 g/mol. The molecule has 0 bridgehead atoms. The molecule has 0 unspecified atom stereocenters. The quantitative estimate of drug-likeness (QED) is 0.424. The van der Waals surface area contributed by atoms with E-state index in [1.165, 1.54) is 30.0 Å². The first-order chi connectivity index (χ1) is 11.5. The van der Waals surface area contributed by atoms with Gasteiger partial charge in [-0.25, -0.2) is 0 Å². The molecule has 0 saturated carbocycles. The molecule has 0 atom stereocenters. The number of nitrogens with zero attached hydrogens (tertiary/aromatic N) is 4. The molecule has 1 amide bonds. The van der Waals surface area contributed by atoms with Crippen molar-refractivity contribution in [3.05, 3.63) is 57.7 Å². The molecular weight excluding hydrogens is 354 g/mol. The number of nitrogens with one attached hydrogen (secondary N) is 1. The Labute approximate surface area is 145 Å². The number of rotatable bonds is 5. The minimum Gasteiger partial charge on any atom is -0.320 e. The lowest BCUT2D eigenvalue weighted by Gasteiger charge is -2.06. The van der Waals surface area contributed by atoms with Gasteiger partial charge < -0.3 is 5.32 Å². The maximum atomic E-state index is 12.1. The molecule has 0 fully saturated rings. The van der Waals surface area contributed by atoms with Crippen molar-refractivity contribution in [2.24, 2.45) is 0 Å². The largest absolute Gasteiger partial charge is 0.320 e. The summed E-state index contributed by atoms with van der Waals surface area (Å²) < 4.78 is 1.75. The summed E-state index contributed by atoms with van der Waals surface area (Å²) >= 11 is 6.93. The Bertz CT molecular complexity index is 930.